The highest BCUT2D eigenvalue weighted by Crippen LogP contribution is 2.18. The molecule has 1 saturated heterocycles. The van der Waals surface area contributed by atoms with Crippen LogP contribution in [0.15, 0.2) is 0 Å². The van der Waals surface area contributed by atoms with Crippen LogP contribution in [0.5, 0.6) is 0 Å². The van der Waals surface area contributed by atoms with Gasteiger partial charge in [-0.25, -0.2) is 0 Å². The predicted octanol–water partition coefficient (Wildman–Crippen LogP) is 1.46. The van der Waals surface area contributed by atoms with E-state index in [9.17, 15) is 4.79 Å². The van der Waals surface area contributed by atoms with Gasteiger partial charge in [0, 0.05) is 18.7 Å². The number of nitrogens with zero attached hydrogens (tertiary/aromatic N) is 1. The second-order valence-corrected chi connectivity index (χ2v) is 3.99. The van der Waals surface area contributed by atoms with Crippen molar-refractivity contribution in [1.82, 2.24) is 4.90 Å². The number of amides is 1. The van der Waals surface area contributed by atoms with Gasteiger partial charge >= 0.3 is 0 Å². The third-order valence-corrected chi connectivity index (χ3v) is 2.88. The average molecular weight is 188 g/mol. The van der Waals surface area contributed by atoms with Gasteiger partial charge in [-0.1, -0.05) is 30.9 Å². The third kappa shape index (κ3) is 2.17. The lowest BCUT2D eigenvalue weighted by Crippen LogP contribution is -2.30. The minimum Gasteiger partial charge on any atom is -0.297 e. The van der Waals surface area contributed by atoms with E-state index in [2.05, 4.69) is 6.92 Å². The van der Waals surface area contributed by atoms with E-state index in [4.69, 9.17) is 12.2 Å². The molecule has 0 saturated carbocycles. The number of thiocarbonyl (C=S) groups is 1. The molecule has 1 amide bonds. The first-order valence-corrected chi connectivity index (χ1v) is 4.91. The summed E-state index contributed by atoms with van der Waals surface area (Å²) in [6.07, 6.45) is 1.17. The van der Waals surface area contributed by atoms with Gasteiger partial charge < -0.3 is 0 Å². The molecule has 2 nitrogen and oxygen atoms in total. The molecular formula is C7H10NOS2. The topological polar surface area (TPSA) is 20.3 Å². The maximum atomic E-state index is 11.2. The first-order valence-electron chi connectivity index (χ1n) is 3.52. The molecule has 0 aromatic carbocycles. The second-order valence-electron chi connectivity index (χ2n) is 2.26. The van der Waals surface area contributed by atoms with E-state index in [0.29, 0.717) is 12.8 Å². The number of hydrogen-bond acceptors (Lipinski definition) is 3. The monoisotopic (exact) mass is 188 g/mol. The molecule has 4 heteroatoms. The Labute approximate surface area is 76.3 Å². The smallest absolute Gasteiger partial charge is 0.228 e. The predicted molar refractivity (Wildman–Crippen MR) is 51.4 cm³/mol. The van der Waals surface area contributed by atoms with E-state index in [-0.39, 0.29) is 5.91 Å². The van der Waals surface area contributed by atoms with E-state index in [1.807, 2.05) is 0 Å². The van der Waals surface area contributed by atoms with Gasteiger partial charge in [0.1, 0.15) is 4.32 Å². The van der Waals surface area contributed by atoms with Crippen LogP contribution in [-0.4, -0.2) is 27.4 Å². The van der Waals surface area contributed by atoms with Crippen LogP contribution in [0.4, 0.5) is 0 Å². The molecule has 1 fully saturated rings. The quantitative estimate of drug-likeness (QED) is 0.612. The van der Waals surface area contributed by atoms with Crippen LogP contribution in [0.25, 0.3) is 0 Å². The van der Waals surface area contributed by atoms with Crippen molar-refractivity contribution in [2.45, 2.75) is 12.8 Å². The Morgan fingerprint density at radius 1 is 1.82 bits per heavy atom. The molecule has 1 heterocycles. The van der Waals surface area contributed by atoms with Crippen molar-refractivity contribution in [2.24, 2.45) is 0 Å². The zero-order chi connectivity index (χ0) is 8.27. The Kier molecular flexibility index (Phi) is 3.33. The Morgan fingerprint density at radius 2 is 2.55 bits per heavy atom. The summed E-state index contributed by atoms with van der Waals surface area (Å²) in [5.74, 6) is 1.07. The third-order valence-electron chi connectivity index (χ3n) is 1.45. The summed E-state index contributed by atoms with van der Waals surface area (Å²) >= 11 is 6.55. The van der Waals surface area contributed by atoms with Crippen LogP contribution < -0.4 is 0 Å². The molecule has 0 N–H and O–H groups in total. The number of thioether (sulfide) groups is 1. The van der Waals surface area contributed by atoms with Crippen molar-refractivity contribution in [3.05, 3.63) is 6.92 Å². The van der Waals surface area contributed by atoms with Gasteiger partial charge in [0.25, 0.3) is 0 Å². The molecule has 61 valence electrons. The molecule has 0 aromatic heterocycles. The van der Waals surface area contributed by atoms with Crippen LogP contribution in [0.2, 0.25) is 0 Å². The zero-order valence-corrected chi connectivity index (χ0v) is 7.84. The lowest BCUT2D eigenvalue weighted by atomic mass is 10.3. The first kappa shape index (κ1) is 9.00. The van der Waals surface area contributed by atoms with Crippen molar-refractivity contribution >= 4 is 34.2 Å². The normalized spacial score (nSPS) is 17.5. The standard InChI is InChI=1S/C7H10NOS2/c1-2-3-6(9)8-4-5-11-7(8)10/h1-5H2. The molecule has 0 unspecified atom stereocenters. The molecule has 0 atom stereocenters. The van der Waals surface area contributed by atoms with E-state index in [0.717, 1.165) is 16.6 Å². The lowest BCUT2D eigenvalue weighted by Gasteiger charge is -2.13. The molecule has 0 bridgehead atoms. The first-order chi connectivity index (χ1) is 5.25. The van der Waals surface area contributed by atoms with Crippen LogP contribution in [-0.2, 0) is 4.79 Å². The number of carbonyl (C=O) groups excluding carboxylic acids is 1. The van der Waals surface area contributed by atoms with Gasteiger partial charge in [-0.15, -0.1) is 0 Å². The van der Waals surface area contributed by atoms with E-state index in [1.54, 1.807) is 16.7 Å². The SMILES string of the molecule is [CH2]CCC(=O)N1CCSC1=S. The molecule has 1 rings (SSSR count). The summed E-state index contributed by atoms with van der Waals surface area (Å²) in [5.41, 5.74) is 0. The van der Waals surface area contributed by atoms with Crippen LogP contribution >= 0.6 is 24.0 Å². The zero-order valence-electron chi connectivity index (χ0n) is 6.21. The summed E-state index contributed by atoms with van der Waals surface area (Å²) in [6.45, 7) is 4.40. The van der Waals surface area contributed by atoms with E-state index < -0.39 is 0 Å². The molecule has 0 spiro atoms. The van der Waals surface area contributed by atoms with Crippen molar-refractivity contribution in [3.63, 3.8) is 0 Å². The highest BCUT2D eigenvalue weighted by molar-refractivity contribution is 8.23. The molecular weight excluding hydrogens is 178 g/mol. The summed E-state index contributed by atoms with van der Waals surface area (Å²) in [7, 11) is 0. The Morgan fingerprint density at radius 3 is 3.00 bits per heavy atom. The molecule has 1 aliphatic rings. The van der Waals surface area contributed by atoms with Crippen LogP contribution in [0.1, 0.15) is 12.8 Å². The van der Waals surface area contributed by atoms with Crippen molar-refractivity contribution in [3.8, 4) is 0 Å². The van der Waals surface area contributed by atoms with Gasteiger partial charge in [0.2, 0.25) is 5.91 Å². The van der Waals surface area contributed by atoms with Crippen LogP contribution in [0.3, 0.4) is 0 Å². The average Bonchev–Trinajstić information content (AvgIpc) is 2.36. The largest absolute Gasteiger partial charge is 0.297 e. The van der Waals surface area contributed by atoms with E-state index >= 15 is 0 Å². The summed E-state index contributed by atoms with van der Waals surface area (Å²) < 4.78 is 0.725. The van der Waals surface area contributed by atoms with Gasteiger partial charge in [-0.3, -0.25) is 9.69 Å². The minimum absolute atomic E-state index is 0.120. The molecule has 11 heavy (non-hydrogen) atoms. The van der Waals surface area contributed by atoms with E-state index in [1.165, 1.54) is 0 Å². The van der Waals surface area contributed by atoms with Crippen molar-refractivity contribution in [2.75, 3.05) is 12.3 Å². The number of hydrogen-bond donors (Lipinski definition) is 0. The Balaban J connectivity index is 2.46. The molecule has 0 aromatic rings. The second kappa shape index (κ2) is 4.07. The highest BCUT2D eigenvalue weighted by atomic mass is 32.2. The van der Waals surface area contributed by atoms with Gasteiger partial charge in [-0.05, 0) is 6.42 Å². The maximum Gasteiger partial charge on any atom is 0.228 e. The van der Waals surface area contributed by atoms with Gasteiger partial charge in [0.15, 0.2) is 0 Å². The summed E-state index contributed by atoms with van der Waals surface area (Å²) in [5, 5.41) is 0. The van der Waals surface area contributed by atoms with Crippen molar-refractivity contribution < 1.29 is 4.79 Å². The molecule has 1 radical (unpaired) electrons. The lowest BCUT2D eigenvalue weighted by molar-refractivity contribution is -0.126. The fourth-order valence-corrected chi connectivity index (χ4v) is 2.15. The van der Waals surface area contributed by atoms with Gasteiger partial charge in [-0.2, -0.15) is 0 Å². The minimum atomic E-state index is 0.120. The molecule has 1 aliphatic heterocycles. The summed E-state index contributed by atoms with van der Waals surface area (Å²) in [6, 6.07) is 0. The Bertz CT molecular complexity index is 181. The molecule has 0 aliphatic carbocycles. The van der Waals surface area contributed by atoms with Crippen molar-refractivity contribution in [1.29, 1.82) is 0 Å². The van der Waals surface area contributed by atoms with Crippen LogP contribution in [0, 0.1) is 6.92 Å². The fraction of sp³-hybridized carbons (Fsp3) is 0.571. The Hall–Kier alpha value is -0.0900. The maximum absolute atomic E-state index is 11.2. The van der Waals surface area contributed by atoms with Gasteiger partial charge in [0.05, 0.1) is 0 Å². The fourth-order valence-electron chi connectivity index (χ4n) is 0.906. The summed E-state index contributed by atoms with van der Waals surface area (Å²) in [4.78, 5) is 12.9. The number of carbonyl (C=O) groups is 1. The number of rotatable bonds is 2. The highest BCUT2D eigenvalue weighted by Gasteiger charge is 2.22.